The highest BCUT2D eigenvalue weighted by Gasteiger charge is 2.60. The molecule has 0 spiro atoms. The molecule has 0 radical (unpaired) electrons. The zero-order chi connectivity index (χ0) is 57.6. The molecule has 3 heterocycles. The fraction of sp³-hybridized carbons (Fsp3) is 0.909. The molecule has 78 heavy (non-hydrogen) atoms. The number of aliphatic hydroxyl groups excluding tert-OH is 11. The van der Waals surface area contributed by atoms with E-state index in [1.165, 1.54) is 89.9 Å². The number of unbranched alkanes of at least 4 members (excludes halogenated alkanes) is 21. The van der Waals surface area contributed by atoms with Gasteiger partial charge in [0.2, 0.25) is 11.8 Å². The molecule has 3 fully saturated rings. The number of carboxylic acids is 1. The van der Waals surface area contributed by atoms with Crippen LogP contribution in [0, 0.1) is 0 Å². The summed E-state index contributed by atoms with van der Waals surface area (Å²) in [5.41, 5.74) is 0. The third-order valence-electron chi connectivity index (χ3n) is 15.0. The second-order valence-corrected chi connectivity index (χ2v) is 21.5. The predicted octanol–water partition coefficient (Wildman–Crippen LogP) is 1.61. The SMILES string of the molecule is CCCCCCCCCCCCCC/C=C/C(O)C(COC1OC(CO)C(OC2OC(CO)C(O)C(OC3(C(=O)O)CC(O)C(NC(C)=O)C(C(O)C(O)CO)O3)C2O)C(O)C1O)NC(=O)CCCCCCCCCCCC. The number of nitrogens with one attached hydrogen (secondary N) is 2. The zero-order valence-electron chi connectivity index (χ0n) is 46.5. The number of amides is 2. The second-order valence-electron chi connectivity index (χ2n) is 21.5. The van der Waals surface area contributed by atoms with Crippen LogP contribution < -0.4 is 10.6 Å². The van der Waals surface area contributed by atoms with Crippen LogP contribution in [-0.4, -0.2) is 215 Å². The summed E-state index contributed by atoms with van der Waals surface area (Å²) < 4.78 is 34.6. The van der Waals surface area contributed by atoms with E-state index < -0.39 is 155 Å². The molecule has 3 aliphatic heterocycles. The number of carbonyl (C=O) groups excluding carboxylic acids is 2. The van der Waals surface area contributed by atoms with Crippen LogP contribution in [0.1, 0.15) is 181 Å². The van der Waals surface area contributed by atoms with E-state index >= 15 is 0 Å². The van der Waals surface area contributed by atoms with Gasteiger partial charge in [0.25, 0.3) is 5.79 Å². The molecule has 0 aromatic heterocycles. The van der Waals surface area contributed by atoms with Crippen molar-refractivity contribution in [1.82, 2.24) is 10.6 Å². The minimum absolute atomic E-state index is 0.202. The molecule has 0 aromatic carbocycles. The van der Waals surface area contributed by atoms with Gasteiger partial charge in [-0.2, -0.15) is 0 Å². The Labute approximate surface area is 461 Å². The van der Waals surface area contributed by atoms with Gasteiger partial charge in [0.05, 0.1) is 50.7 Å². The summed E-state index contributed by atoms with van der Waals surface area (Å²) >= 11 is 0. The van der Waals surface area contributed by atoms with E-state index in [2.05, 4.69) is 24.5 Å². The molecule has 3 rings (SSSR count). The highest BCUT2D eigenvalue weighted by atomic mass is 16.8. The van der Waals surface area contributed by atoms with E-state index in [-0.39, 0.29) is 12.3 Å². The van der Waals surface area contributed by atoms with E-state index in [4.69, 9.17) is 28.4 Å². The molecular weight excluding hydrogens is 1020 g/mol. The lowest BCUT2D eigenvalue weighted by Crippen LogP contribution is -2.70. The van der Waals surface area contributed by atoms with E-state index in [1.54, 1.807) is 6.08 Å². The average Bonchev–Trinajstić information content (AvgIpc) is 3.49. The normalized spacial score (nSPS) is 31.2. The van der Waals surface area contributed by atoms with Gasteiger partial charge in [0.1, 0.15) is 67.1 Å². The van der Waals surface area contributed by atoms with Gasteiger partial charge in [-0.1, -0.05) is 154 Å². The summed E-state index contributed by atoms with van der Waals surface area (Å²) in [5, 5.41) is 135. The number of rotatable bonds is 41. The summed E-state index contributed by atoms with van der Waals surface area (Å²) in [7, 11) is 0. The maximum absolute atomic E-state index is 13.3. The highest BCUT2D eigenvalue weighted by molar-refractivity contribution is 5.77. The van der Waals surface area contributed by atoms with Crippen LogP contribution in [-0.2, 0) is 42.8 Å². The summed E-state index contributed by atoms with van der Waals surface area (Å²) in [5.74, 6) is -6.14. The molecule has 0 bridgehead atoms. The summed E-state index contributed by atoms with van der Waals surface area (Å²) in [6.07, 6.45) is 0.160. The third-order valence-corrected chi connectivity index (χ3v) is 15.0. The molecule has 0 aromatic rings. The van der Waals surface area contributed by atoms with Crippen LogP contribution in [0.2, 0.25) is 0 Å². The van der Waals surface area contributed by atoms with Crippen molar-refractivity contribution in [3.8, 4) is 0 Å². The van der Waals surface area contributed by atoms with Crippen LogP contribution in [0.5, 0.6) is 0 Å². The molecule has 18 atom stereocenters. The number of aliphatic hydroxyl groups is 11. The van der Waals surface area contributed by atoms with Gasteiger partial charge in [0.15, 0.2) is 12.6 Å². The van der Waals surface area contributed by atoms with Crippen molar-refractivity contribution in [2.24, 2.45) is 0 Å². The van der Waals surface area contributed by atoms with Gasteiger partial charge in [-0.15, -0.1) is 0 Å². The molecular formula is C55H100N2O21. The molecule has 14 N–H and O–H groups in total. The number of ether oxygens (including phenoxy) is 6. The van der Waals surface area contributed by atoms with Crippen molar-refractivity contribution in [1.29, 1.82) is 0 Å². The lowest BCUT2D eigenvalue weighted by molar-refractivity contribution is -0.386. The maximum atomic E-state index is 13.3. The first-order valence-corrected chi connectivity index (χ1v) is 29.1. The smallest absolute Gasteiger partial charge is 0.364 e. The Hall–Kier alpha value is -2.53. The number of hydrogen-bond acceptors (Lipinski definition) is 20. The number of carbonyl (C=O) groups is 3. The molecule has 0 aliphatic carbocycles. The molecule has 3 saturated heterocycles. The lowest BCUT2D eigenvalue weighted by atomic mass is 9.88. The van der Waals surface area contributed by atoms with Crippen molar-refractivity contribution in [3.63, 3.8) is 0 Å². The zero-order valence-corrected chi connectivity index (χ0v) is 46.5. The highest BCUT2D eigenvalue weighted by Crippen LogP contribution is 2.38. The van der Waals surface area contributed by atoms with Crippen LogP contribution >= 0.6 is 0 Å². The van der Waals surface area contributed by atoms with Crippen LogP contribution in [0.25, 0.3) is 0 Å². The molecule has 23 heteroatoms. The topological polar surface area (TPSA) is 373 Å². The van der Waals surface area contributed by atoms with Crippen molar-refractivity contribution in [2.75, 3.05) is 26.4 Å². The Kier molecular flexibility index (Phi) is 34.2. The molecule has 18 unspecified atom stereocenters. The average molecular weight is 1130 g/mol. The fourth-order valence-electron chi connectivity index (χ4n) is 10.2. The van der Waals surface area contributed by atoms with E-state index in [0.717, 1.165) is 51.9 Å². The van der Waals surface area contributed by atoms with Gasteiger partial charge in [-0.05, 0) is 19.3 Å². The van der Waals surface area contributed by atoms with Gasteiger partial charge in [0, 0.05) is 19.8 Å². The van der Waals surface area contributed by atoms with Gasteiger partial charge in [-0.25, -0.2) is 4.79 Å². The van der Waals surface area contributed by atoms with Gasteiger partial charge >= 0.3 is 5.97 Å². The van der Waals surface area contributed by atoms with Crippen molar-refractivity contribution in [3.05, 3.63) is 12.2 Å². The third kappa shape index (κ3) is 23.0. The molecule has 3 aliphatic rings. The largest absolute Gasteiger partial charge is 0.477 e. The minimum Gasteiger partial charge on any atom is -0.477 e. The van der Waals surface area contributed by atoms with E-state index in [1.807, 2.05) is 6.08 Å². The Morgan fingerprint density at radius 3 is 1.71 bits per heavy atom. The van der Waals surface area contributed by atoms with Crippen molar-refractivity contribution < 1.29 is 104 Å². The summed E-state index contributed by atoms with van der Waals surface area (Å²) in [6.45, 7) is 2.06. The van der Waals surface area contributed by atoms with Crippen molar-refractivity contribution in [2.45, 2.75) is 291 Å². The first-order valence-electron chi connectivity index (χ1n) is 29.1. The second kappa shape index (κ2) is 38.3. The number of hydrogen-bond donors (Lipinski definition) is 14. The van der Waals surface area contributed by atoms with Crippen LogP contribution in [0.15, 0.2) is 12.2 Å². The maximum Gasteiger partial charge on any atom is 0.364 e. The Bertz CT molecular complexity index is 1670. The lowest BCUT2D eigenvalue weighted by Gasteiger charge is -2.50. The predicted molar refractivity (Wildman–Crippen MR) is 283 cm³/mol. The quantitative estimate of drug-likeness (QED) is 0.0305. The monoisotopic (exact) mass is 1120 g/mol. The summed E-state index contributed by atoms with van der Waals surface area (Å²) in [6, 6.07) is -2.61. The first-order chi connectivity index (χ1) is 37.4. The standard InChI is InChI=1S/C55H100N2O21/c1-4-6-8-10-12-14-16-17-18-19-20-22-24-26-28-37(62)36(57-42(65)29-27-25-23-21-15-13-11-9-7-5-2)34-73-52-47(69)46(68)49(41(33-60)75-52)76-53-48(70)51(45(67)40(32-59)74-53)78-55(54(71)72)30-38(63)43(56-35(3)61)50(77-55)44(66)39(64)31-58/h26,28,36-41,43-53,58-60,62-64,66-70H,4-25,27,29-34H2,1-3H3,(H,56,61)(H,57,65)(H,71,72)/b28-26+. The number of allylic oxidation sites excluding steroid dienone is 1. The Morgan fingerprint density at radius 1 is 0.667 bits per heavy atom. The van der Waals surface area contributed by atoms with Gasteiger partial charge in [-0.3, -0.25) is 9.59 Å². The molecule has 456 valence electrons. The first kappa shape index (κ1) is 69.7. The number of carboxylic acid groups (broad SMARTS) is 1. The Balaban J connectivity index is 1.70. The minimum atomic E-state index is -3.08. The summed E-state index contributed by atoms with van der Waals surface area (Å²) in [4.78, 5) is 38.3. The van der Waals surface area contributed by atoms with E-state index in [9.17, 15) is 75.7 Å². The van der Waals surface area contributed by atoms with Crippen molar-refractivity contribution >= 4 is 17.8 Å². The molecule has 23 nitrogen and oxygen atoms in total. The van der Waals surface area contributed by atoms with Gasteiger partial charge < -0.3 is 100 Å². The van der Waals surface area contributed by atoms with Crippen LogP contribution in [0.4, 0.5) is 0 Å². The molecule has 2 amide bonds. The Morgan fingerprint density at radius 2 is 1.19 bits per heavy atom. The molecule has 0 saturated carbocycles. The number of aliphatic carboxylic acids is 1. The van der Waals surface area contributed by atoms with Crippen LogP contribution in [0.3, 0.4) is 0 Å². The fourth-order valence-corrected chi connectivity index (χ4v) is 10.2. The van der Waals surface area contributed by atoms with E-state index in [0.29, 0.717) is 12.8 Å².